The maximum absolute atomic E-state index is 11.1. The molecule has 25 heavy (non-hydrogen) atoms. The highest BCUT2D eigenvalue weighted by Gasteiger charge is 2.29. The number of hydrazone groups is 1. The average molecular weight is 346 g/mol. The van der Waals surface area contributed by atoms with E-state index >= 15 is 0 Å². The van der Waals surface area contributed by atoms with Crippen molar-refractivity contribution in [2.45, 2.75) is 45.4 Å². The van der Waals surface area contributed by atoms with Crippen LogP contribution in [0.15, 0.2) is 35.5 Å². The number of nitro benzene ring substituents is 2. The van der Waals surface area contributed by atoms with Crippen molar-refractivity contribution < 1.29 is 9.85 Å². The molecule has 1 aliphatic rings. The summed E-state index contributed by atoms with van der Waals surface area (Å²) in [6.07, 6.45) is 12.4. The van der Waals surface area contributed by atoms with E-state index in [0.29, 0.717) is 0 Å². The van der Waals surface area contributed by atoms with Gasteiger partial charge >= 0.3 is 5.69 Å². The SMILES string of the molecule is C/C=C/CC1(/C=N/Nc2ccc([N+](=O)[O-])cc2[N+](=O)[O-])CCCCC1. The van der Waals surface area contributed by atoms with Gasteiger partial charge in [-0.1, -0.05) is 31.4 Å². The molecule has 0 unspecified atom stereocenters. The highest BCUT2D eigenvalue weighted by Crippen LogP contribution is 2.38. The highest BCUT2D eigenvalue weighted by molar-refractivity contribution is 5.70. The summed E-state index contributed by atoms with van der Waals surface area (Å²) in [7, 11) is 0. The molecule has 8 heteroatoms. The standard InChI is InChI=1S/C17H22N4O4/c1-2-3-9-17(10-5-4-6-11-17)13-18-19-15-8-7-14(20(22)23)12-16(15)21(24)25/h2-3,7-8,12-13,19H,4-6,9-11H2,1H3/b3-2+,18-13+. The lowest BCUT2D eigenvalue weighted by Gasteiger charge is -2.32. The summed E-state index contributed by atoms with van der Waals surface area (Å²) in [6.45, 7) is 1.98. The number of nitrogens with zero attached hydrogens (tertiary/aromatic N) is 3. The van der Waals surface area contributed by atoms with Crippen LogP contribution in [0.2, 0.25) is 0 Å². The summed E-state index contributed by atoms with van der Waals surface area (Å²) in [5, 5.41) is 26.1. The van der Waals surface area contributed by atoms with Crippen molar-refractivity contribution in [1.29, 1.82) is 0 Å². The minimum Gasteiger partial charge on any atom is -0.272 e. The molecule has 1 aromatic carbocycles. The number of nitrogens with one attached hydrogen (secondary N) is 1. The van der Waals surface area contributed by atoms with Gasteiger partial charge in [-0.15, -0.1) is 0 Å². The van der Waals surface area contributed by atoms with Gasteiger partial charge < -0.3 is 0 Å². The lowest BCUT2D eigenvalue weighted by molar-refractivity contribution is -0.393. The van der Waals surface area contributed by atoms with E-state index in [1.54, 1.807) is 0 Å². The number of rotatable bonds is 7. The van der Waals surface area contributed by atoms with Crippen LogP contribution < -0.4 is 5.43 Å². The smallest absolute Gasteiger partial charge is 0.272 e. The lowest BCUT2D eigenvalue weighted by Crippen LogP contribution is -2.25. The largest absolute Gasteiger partial charge is 0.301 e. The summed E-state index contributed by atoms with van der Waals surface area (Å²) in [4.78, 5) is 20.6. The molecule has 0 bridgehead atoms. The minimum atomic E-state index is -0.659. The second-order valence-electron chi connectivity index (χ2n) is 6.28. The molecule has 0 spiro atoms. The van der Waals surface area contributed by atoms with Gasteiger partial charge in [-0.25, -0.2) is 0 Å². The van der Waals surface area contributed by atoms with Crippen LogP contribution in [-0.4, -0.2) is 16.1 Å². The van der Waals surface area contributed by atoms with Crippen molar-refractivity contribution in [1.82, 2.24) is 0 Å². The molecule has 0 saturated heterocycles. The molecule has 1 aliphatic carbocycles. The van der Waals surface area contributed by atoms with E-state index in [-0.39, 0.29) is 22.5 Å². The number of allylic oxidation sites excluding steroid dienone is 2. The molecule has 1 aromatic rings. The molecule has 0 aliphatic heterocycles. The van der Waals surface area contributed by atoms with E-state index in [1.807, 2.05) is 19.2 Å². The molecule has 1 fully saturated rings. The van der Waals surface area contributed by atoms with Gasteiger partial charge in [0.15, 0.2) is 0 Å². The molecule has 2 rings (SSSR count). The van der Waals surface area contributed by atoms with Gasteiger partial charge in [-0.3, -0.25) is 25.7 Å². The molecule has 0 heterocycles. The fourth-order valence-electron chi connectivity index (χ4n) is 3.11. The third-order valence-corrected chi connectivity index (χ3v) is 4.52. The first-order valence-electron chi connectivity index (χ1n) is 8.32. The number of anilines is 1. The molecule has 0 aromatic heterocycles. The van der Waals surface area contributed by atoms with Crippen LogP contribution in [0.1, 0.15) is 45.4 Å². The molecular weight excluding hydrogens is 324 g/mol. The fraction of sp³-hybridized carbons (Fsp3) is 0.471. The molecule has 1 N–H and O–H groups in total. The number of nitro groups is 2. The second-order valence-corrected chi connectivity index (χ2v) is 6.28. The topological polar surface area (TPSA) is 111 Å². The van der Waals surface area contributed by atoms with Crippen molar-refractivity contribution in [3.8, 4) is 0 Å². The van der Waals surface area contributed by atoms with Gasteiger partial charge in [0.1, 0.15) is 5.69 Å². The molecule has 134 valence electrons. The van der Waals surface area contributed by atoms with Crippen molar-refractivity contribution in [2.75, 3.05) is 5.43 Å². The summed E-state index contributed by atoms with van der Waals surface area (Å²) < 4.78 is 0. The Morgan fingerprint density at radius 2 is 1.92 bits per heavy atom. The van der Waals surface area contributed by atoms with Crippen molar-refractivity contribution >= 4 is 23.3 Å². The van der Waals surface area contributed by atoms with Gasteiger partial charge in [0.05, 0.1) is 15.9 Å². The predicted octanol–water partition coefficient (Wildman–Crippen LogP) is 4.82. The van der Waals surface area contributed by atoms with Gasteiger partial charge in [0.25, 0.3) is 5.69 Å². The number of hydrogen-bond donors (Lipinski definition) is 1. The predicted molar refractivity (Wildman–Crippen MR) is 96.8 cm³/mol. The number of non-ortho nitro benzene ring substituents is 1. The van der Waals surface area contributed by atoms with Crippen LogP contribution >= 0.6 is 0 Å². The van der Waals surface area contributed by atoms with Crippen LogP contribution in [0.5, 0.6) is 0 Å². The normalized spacial score (nSPS) is 17.0. The van der Waals surface area contributed by atoms with Gasteiger partial charge in [0.2, 0.25) is 0 Å². The van der Waals surface area contributed by atoms with E-state index in [4.69, 9.17) is 0 Å². The molecular formula is C17H22N4O4. The Kier molecular flexibility index (Phi) is 6.21. The van der Waals surface area contributed by atoms with Crippen molar-refractivity contribution in [3.63, 3.8) is 0 Å². The van der Waals surface area contributed by atoms with Crippen molar-refractivity contribution in [2.24, 2.45) is 10.5 Å². The second kappa shape index (κ2) is 8.36. The quantitative estimate of drug-likeness (QED) is 0.329. The van der Waals surface area contributed by atoms with Crippen LogP contribution in [-0.2, 0) is 0 Å². The zero-order chi connectivity index (χ0) is 18.3. The Morgan fingerprint density at radius 3 is 2.52 bits per heavy atom. The van der Waals surface area contributed by atoms with Crippen molar-refractivity contribution in [3.05, 3.63) is 50.6 Å². The molecule has 0 amide bonds. The zero-order valence-corrected chi connectivity index (χ0v) is 14.2. The maximum atomic E-state index is 11.1. The van der Waals surface area contributed by atoms with E-state index in [9.17, 15) is 20.2 Å². The highest BCUT2D eigenvalue weighted by atomic mass is 16.6. The van der Waals surface area contributed by atoms with Gasteiger partial charge in [0, 0.05) is 17.7 Å². The zero-order valence-electron chi connectivity index (χ0n) is 14.2. The van der Waals surface area contributed by atoms with E-state index in [1.165, 1.54) is 18.6 Å². The Hall–Kier alpha value is -2.77. The third kappa shape index (κ3) is 4.85. The fourth-order valence-corrected chi connectivity index (χ4v) is 3.11. The van der Waals surface area contributed by atoms with E-state index in [2.05, 4.69) is 16.6 Å². The lowest BCUT2D eigenvalue weighted by atomic mass is 9.73. The van der Waals surface area contributed by atoms with Crippen LogP contribution in [0.4, 0.5) is 17.1 Å². The van der Waals surface area contributed by atoms with E-state index in [0.717, 1.165) is 38.2 Å². The average Bonchev–Trinajstić information content (AvgIpc) is 2.60. The molecule has 1 saturated carbocycles. The molecule has 0 atom stereocenters. The molecule has 8 nitrogen and oxygen atoms in total. The summed E-state index contributed by atoms with van der Waals surface area (Å²) in [6, 6.07) is 3.47. The van der Waals surface area contributed by atoms with Gasteiger partial charge in [-0.2, -0.15) is 5.10 Å². The van der Waals surface area contributed by atoms with E-state index < -0.39 is 9.85 Å². The first kappa shape index (κ1) is 18.6. The Balaban J connectivity index is 2.19. The first-order chi connectivity index (χ1) is 12.0. The van der Waals surface area contributed by atoms with Crippen LogP contribution in [0.25, 0.3) is 0 Å². The van der Waals surface area contributed by atoms with Crippen LogP contribution in [0, 0.1) is 25.6 Å². The third-order valence-electron chi connectivity index (χ3n) is 4.52. The summed E-state index contributed by atoms with van der Waals surface area (Å²) in [5.74, 6) is 0. The summed E-state index contributed by atoms with van der Waals surface area (Å²) >= 11 is 0. The van der Waals surface area contributed by atoms with Gasteiger partial charge in [-0.05, 0) is 32.3 Å². The molecule has 0 radical (unpaired) electrons. The number of benzene rings is 1. The minimum absolute atomic E-state index is 0.0344. The Morgan fingerprint density at radius 1 is 1.20 bits per heavy atom. The Labute approximate surface area is 145 Å². The van der Waals surface area contributed by atoms with Crippen LogP contribution in [0.3, 0.4) is 0 Å². The summed E-state index contributed by atoms with van der Waals surface area (Å²) in [5.41, 5.74) is 2.11. The Bertz CT molecular complexity index is 694. The monoisotopic (exact) mass is 346 g/mol. The number of hydrogen-bond acceptors (Lipinski definition) is 6. The maximum Gasteiger partial charge on any atom is 0.301 e. The first-order valence-corrected chi connectivity index (χ1v) is 8.32.